The van der Waals surface area contributed by atoms with Crippen LogP contribution in [-0.2, 0) is 0 Å². The van der Waals surface area contributed by atoms with Gasteiger partial charge in [0.15, 0.2) is 0 Å². The highest BCUT2D eigenvalue weighted by atomic mass is 32.1. The van der Waals surface area contributed by atoms with E-state index in [2.05, 4.69) is 75.5 Å². The Kier molecular flexibility index (Phi) is 7.32. The summed E-state index contributed by atoms with van der Waals surface area (Å²) in [4.78, 5) is 19.6. The molecule has 1 amide bonds. The minimum Gasteiger partial charge on any atom is -0.312 e. The van der Waals surface area contributed by atoms with Crippen LogP contribution in [0.15, 0.2) is 72.8 Å². The van der Waals surface area contributed by atoms with Gasteiger partial charge in [0.2, 0.25) is 0 Å². The van der Waals surface area contributed by atoms with Crippen LogP contribution in [0.3, 0.4) is 0 Å². The van der Waals surface area contributed by atoms with Gasteiger partial charge in [0.05, 0.1) is 22.3 Å². The van der Waals surface area contributed by atoms with E-state index in [-0.39, 0.29) is 5.91 Å². The number of nitrogens with zero attached hydrogens (tertiary/aromatic N) is 2. The van der Waals surface area contributed by atoms with Gasteiger partial charge in [-0.25, -0.2) is 4.98 Å². The standard InChI is InChI=1S/C34H31N3OS/c1-6-20(2)24-13-15-25(16-14-24)32-23(5)39-34(29(32)19-35)37-33(38)28-18-31(26-12-11-21(3)22(4)17-26)36-30-10-8-7-9-27(28)30/h7-18,20H,6H2,1-5H3,(H,37,38). The zero-order valence-corrected chi connectivity index (χ0v) is 23.7. The SMILES string of the molecule is CCC(C)c1ccc(-c2c(C)sc(NC(=O)c3cc(-c4ccc(C)c(C)c4)nc4ccccc34)c2C#N)cc1. The van der Waals surface area contributed by atoms with Crippen LogP contribution in [0.2, 0.25) is 0 Å². The van der Waals surface area contributed by atoms with Crippen molar-refractivity contribution in [1.29, 1.82) is 5.26 Å². The van der Waals surface area contributed by atoms with Gasteiger partial charge in [0.25, 0.3) is 5.91 Å². The van der Waals surface area contributed by atoms with Crippen LogP contribution < -0.4 is 5.32 Å². The fourth-order valence-corrected chi connectivity index (χ4v) is 5.91. The second-order valence-corrected chi connectivity index (χ2v) is 11.3. The van der Waals surface area contributed by atoms with Crippen LogP contribution in [-0.4, -0.2) is 10.9 Å². The van der Waals surface area contributed by atoms with Crippen molar-refractivity contribution in [2.75, 3.05) is 5.32 Å². The zero-order valence-electron chi connectivity index (χ0n) is 22.9. The molecule has 0 bridgehead atoms. The number of carbonyl (C=O) groups excluding carboxylic acids is 1. The van der Waals surface area contributed by atoms with Crippen molar-refractivity contribution in [3.05, 3.63) is 105 Å². The Morgan fingerprint density at radius 2 is 1.69 bits per heavy atom. The van der Waals surface area contributed by atoms with Crippen molar-refractivity contribution < 1.29 is 4.79 Å². The van der Waals surface area contributed by atoms with Gasteiger partial charge in [-0.2, -0.15) is 5.26 Å². The van der Waals surface area contributed by atoms with E-state index in [1.165, 1.54) is 28.0 Å². The largest absolute Gasteiger partial charge is 0.312 e. The Labute approximate surface area is 234 Å². The Balaban J connectivity index is 1.54. The molecule has 0 aliphatic heterocycles. The summed E-state index contributed by atoms with van der Waals surface area (Å²) in [5.41, 5.74) is 9.01. The highest BCUT2D eigenvalue weighted by Crippen LogP contribution is 2.40. The Bertz CT molecular complexity index is 1740. The summed E-state index contributed by atoms with van der Waals surface area (Å²) < 4.78 is 0. The van der Waals surface area contributed by atoms with E-state index in [9.17, 15) is 10.1 Å². The molecule has 3 aromatic carbocycles. The lowest BCUT2D eigenvalue weighted by Crippen LogP contribution is -2.13. The molecule has 5 heteroatoms. The lowest BCUT2D eigenvalue weighted by atomic mass is 9.95. The Hall–Kier alpha value is -4.27. The number of rotatable bonds is 6. The first-order chi connectivity index (χ1) is 18.8. The average Bonchev–Trinajstić information content (AvgIpc) is 3.27. The van der Waals surface area contributed by atoms with Gasteiger partial charge in [-0.15, -0.1) is 11.3 Å². The van der Waals surface area contributed by atoms with Crippen molar-refractivity contribution in [2.24, 2.45) is 0 Å². The molecule has 0 saturated heterocycles. The van der Waals surface area contributed by atoms with Crippen molar-refractivity contribution >= 4 is 33.1 Å². The molecule has 194 valence electrons. The lowest BCUT2D eigenvalue weighted by molar-refractivity contribution is 0.102. The van der Waals surface area contributed by atoms with E-state index in [1.54, 1.807) is 0 Å². The highest BCUT2D eigenvalue weighted by molar-refractivity contribution is 7.17. The molecular weight excluding hydrogens is 498 g/mol. The third kappa shape index (κ3) is 5.08. The number of pyridine rings is 1. The van der Waals surface area contributed by atoms with E-state index in [4.69, 9.17) is 4.98 Å². The van der Waals surface area contributed by atoms with Gasteiger partial charge in [0.1, 0.15) is 11.1 Å². The number of aryl methyl sites for hydroxylation is 3. The molecule has 0 aliphatic carbocycles. The van der Waals surface area contributed by atoms with Crippen LogP contribution in [0.1, 0.15) is 63.7 Å². The van der Waals surface area contributed by atoms with Gasteiger partial charge in [-0.1, -0.05) is 68.4 Å². The second kappa shape index (κ2) is 10.8. The smallest absolute Gasteiger partial charge is 0.257 e. The topological polar surface area (TPSA) is 65.8 Å². The molecule has 5 aromatic rings. The summed E-state index contributed by atoms with van der Waals surface area (Å²) in [6.07, 6.45) is 1.07. The van der Waals surface area contributed by atoms with Crippen LogP contribution in [0.25, 0.3) is 33.3 Å². The molecule has 39 heavy (non-hydrogen) atoms. The molecule has 1 unspecified atom stereocenters. The number of para-hydroxylation sites is 1. The third-order valence-corrected chi connectivity index (χ3v) is 8.59. The molecule has 4 nitrogen and oxygen atoms in total. The van der Waals surface area contributed by atoms with Crippen LogP contribution >= 0.6 is 11.3 Å². The molecule has 5 rings (SSSR count). The van der Waals surface area contributed by atoms with E-state index in [0.29, 0.717) is 22.0 Å². The number of fused-ring (bicyclic) bond motifs is 1. The number of anilines is 1. The van der Waals surface area contributed by atoms with Gasteiger partial charge in [0, 0.05) is 21.4 Å². The van der Waals surface area contributed by atoms with E-state index < -0.39 is 0 Å². The molecule has 0 aliphatic rings. The summed E-state index contributed by atoms with van der Waals surface area (Å²) in [5, 5.41) is 14.6. The minimum atomic E-state index is -0.255. The van der Waals surface area contributed by atoms with Crippen molar-refractivity contribution in [1.82, 2.24) is 4.98 Å². The Morgan fingerprint density at radius 1 is 0.974 bits per heavy atom. The number of carbonyl (C=O) groups is 1. The quantitative estimate of drug-likeness (QED) is 0.238. The number of hydrogen-bond donors (Lipinski definition) is 1. The fourth-order valence-electron chi connectivity index (χ4n) is 4.88. The highest BCUT2D eigenvalue weighted by Gasteiger charge is 2.21. The molecule has 2 aromatic heterocycles. The normalized spacial score (nSPS) is 11.8. The first-order valence-electron chi connectivity index (χ1n) is 13.2. The Morgan fingerprint density at radius 3 is 2.38 bits per heavy atom. The summed E-state index contributed by atoms with van der Waals surface area (Å²) in [5.74, 6) is 0.229. The maximum Gasteiger partial charge on any atom is 0.257 e. The minimum absolute atomic E-state index is 0.255. The number of nitrogens with one attached hydrogen (secondary N) is 1. The van der Waals surface area contributed by atoms with E-state index >= 15 is 0 Å². The molecule has 1 atom stereocenters. The van der Waals surface area contributed by atoms with Crippen molar-refractivity contribution in [3.63, 3.8) is 0 Å². The zero-order chi connectivity index (χ0) is 27.7. The molecule has 0 radical (unpaired) electrons. The first kappa shape index (κ1) is 26.3. The van der Waals surface area contributed by atoms with Crippen LogP contribution in [0.4, 0.5) is 5.00 Å². The average molecular weight is 530 g/mol. The number of thiophene rings is 1. The lowest BCUT2D eigenvalue weighted by Gasteiger charge is -2.11. The van der Waals surface area contributed by atoms with Gasteiger partial charge >= 0.3 is 0 Å². The maximum absolute atomic E-state index is 13.8. The van der Waals surface area contributed by atoms with E-state index in [0.717, 1.165) is 44.6 Å². The number of aromatic nitrogens is 1. The summed E-state index contributed by atoms with van der Waals surface area (Å²) in [6.45, 7) is 10.6. The molecule has 0 saturated carbocycles. The van der Waals surface area contributed by atoms with Crippen LogP contribution in [0.5, 0.6) is 0 Å². The van der Waals surface area contributed by atoms with Crippen LogP contribution in [0, 0.1) is 32.1 Å². The fraction of sp³-hybridized carbons (Fsp3) is 0.206. The number of hydrogen-bond acceptors (Lipinski definition) is 4. The molecule has 2 heterocycles. The van der Waals surface area contributed by atoms with Crippen molar-refractivity contribution in [2.45, 2.75) is 47.0 Å². The summed E-state index contributed by atoms with van der Waals surface area (Å²) in [7, 11) is 0. The monoisotopic (exact) mass is 529 g/mol. The predicted octanol–water partition coefficient (Wildman–Crippen LogP) is 9.19. The third-order valence-electron chi connectivity index (χ3n) is 7.57. The van der Waals surface area contributed by atoms with Gasteiger partial charge in [-0.3, -0.25) is 4.79 Å². The second-order valence-electron chi connectivity index (χ2n) is 10.1. The van der Waals surface area contributed by atoms with Gasteiger partial charge in [-0.05, 0) is 73.6 Å². The first-order valence-corrected chi connectivity index (χ1v) is 14.0. The maximum atomic E-state index is 13.8. The molecule has 0 spiro atoms. The van der Waals surface area contributed by atoms with Crippen molar-refractivity contribution in [3.8, 4) is 28.5 Å². The summed E-state index contributed by atoms with van der Waals surface area (Å²) >= 11 is 1.44. The molecule has 1 N–H and O–H groups in total. The number of benzene rings is 3. The predicted molar refractivity (Wildman–Crippen MR) is 163 cm³/mol. The van der Waals surface area contributed by atoms with E-state index in [1.807, 2.05) is 43.3 Å². The molecular formula is C34H31N3OS. The van der Waals surface area contributed by atoms with Gasteiger partial charge < -0.3 is 5.32 Å². The number of amides is 1. The summed E-state index contributed by atoms with van der Waals surface area (Å²) in [6, 6.07) is 26.5. The molecule has 0 fully saturated rings. The number of nitriles is 1.